The molecule has 2 aromatic rings. The predicted molar refractivity (Wildman–Crippen MR) is 97.2 cm³/mol. The van der Waals surface area contributed by atoms with Gasteiger partial charge in [0, 0.05) is 13.6 Å². The smallest absolute Gasteiger partial charge is 0.242 e. The summed E-state index contributed by atoms with van der Waals surface area (Å²) in [6, 6.07) is 16.5. The minimum Gasteiger partial charge on any atom is -0.497 e. The van der Waals surface area contributed by atoms with E-state index >= 15 is 0 Å². The summed E-state index contributed by atoms with van der Waals surface area (Å²) < 4.78 is 5.14. The van der Waals surface area contributed by atoms with Crippen LogP contribution in [-0.2, 0) is 22.6 Å². The molecule has 0 unspecified atom stereocenters. The van der Waals surface area contributed by atoms with Crippen LogP contribution in [0.4, 0.5) is 0 Å². The molecule has 0 aliphatic rings. The molecule has 0 bridgehead atoms. The number of nitrogens with zero attached hydrogens (tertiary/aromatic N) is 1. The molecule has 5 heteroatoms. The first-order valence-electron chi connectivity index (χ1n) is 8.23. The Balaban J connectivity index is 2.17. The molecule has 2 amide bonds. The zero-order chi connectivity index (χ0) is 18.2. The first kappa shape index (κ1) is 18.5. The minimum absolute atomic E-state index is 0.0925. The van der Waals surface area contributed by atoms with E-state index < -0.39 is 6.04 Å². The summed E-state index contributed by atoms with van der Waals surface area (Å²) in [5.41, 5.74) is 1.87. The number of benzene rings is 2. The third-order valence-corrected chi connectivity index (χ3v) is 4.12. The van der Waals surface area contributed by atoms with Crippen LogP contribution in [-0.4, -0.2) is 36.9 Å². The van der Waals surface area contributed by atoms with Crippen LogP contribution in [0.1, 0.15) is 18.1 Å². The number of methoxy groups -OCH3 is 1. The van der Waals surface area contributed by atoms with Crippen LogP contribution < -0.4 is 10.1 Å². The molecule has 0 saturated carbocycles. The molecule has 25 heavy (non-hydrogen) atoms. The molecule has 0 aliphatic heterocycles. The maximum atomic E-state index is 12.8. The lowest BCUT2D eigenvalue weighted by Gasteiger charge is -2.28. The quantitative estimate of drug-likeness (QED) is 0.842. The topological polar surface area (TPSA) is 58.6 Å². The van der Waals surface area contributed by atoms with Crippen molar-refractivity contribution >= 4 is 11.8 Å². The molecule has 0 spiro atoms. The number of hydrogen-bond acceptors (Lipinski definition) is 3. The van der Waals surface area contributed by atoms with Gasteiger partial charge in [0.1, 0.15) is 11.8 Å². The van der Waals surface area contributed by atoms with Gasteiger partial charge in [0.05, 0.1) is 13.5 Å². The van der Waals surface area contributed by atoms with E-state index in [1.165, 1.54) is 0 Å². The van der Waals surface area contributed by atoms with E-state index in [-0.39, 0.29) is 18.2 Å². The fraction of sp³-hybridized carbons (Fsp3) is 0.300. The lowest BCUT2D eigenvalue weighted by Crippen LogP contribution is -2.47. The van der Waals surface area contributed by atoms with Crippen LogP contribution in [0.15, 0.2) is 54.6 Å². The first-order chi connectivity index (χ1) is 12.0. The van der Waals surface area contributed by atoms with Crippen molar-refractivity contribution in [3.05, 3.63) is 65.7 Å². The molecule has 0 fully saturated rings. The lowest BCUT2D eigenvalue weighted by molar-refractivity contribution is -0.139. The zero-order valence-electron chi connectivity index (χ0n) is 14.9. The zero-order valence-corrected chi connectivity index (χ0v) is 14.9. The average Bonchev–Trinajstić information content (AvgIpc) is 2.66. The van der Waals surface area contributed by atoms with Gasteiger partial charge in [-0.3, -0.25) is 9.59 Å². The van der Waals surface area contributed by atoms with Crippen LogP contribution in [0.3, 0.4) is 0 Å². The maximum absolute atomic E-state index is 12.8. The SMILES string of the molecule is CNC(=O)[C@H](C)N(Cc1ccccc1)C(=O)Cc1ccc(OC)cc1. The van der Waals surface area contributed by atoms with E-state index in [0.717, 1.165) is 16.9 Å². The van der Waals surface area contributed by atoms with Gasteiger partial charge < -0.3 is 15.0 Å². The fourth-order valence-electron chi connectivity index (χ4n) is 2.59. The normalized spacial score (nSPS) is 11.5. The van der Waals surface area contributed by atoms with Gasteiger partial charge in [0.2, 0.25) is 11.8 Å². The van der Waals surface area contributed by atoms with E-state index in [1.807, 2.05) is 54.6 Å². The Kier molecular flexibility index (Phi) is 6.57. The Bertz CT molecular complexity index is 699. The summed E-state index contributed by atoms with van der Waals surface area (Å²) in [6.45, 7) is 2.14. The monoisotopic (exact) mass is 340 g/mol. The largest absolute Gasteiger partial charge is 0.497 e. The van der Waals surface area contributed by atoms with Gasteiger partial charge in [0.15, 0.2) is 0 Å². The van der Waals surface area contributed by atoms with Crippen LogP contribution in [0, 0.1) is 0 Å². The number of ether oxygens (including phenoxy) is 1. The second-order valence-electron chi connectivity index (χ2n) is 5.82. The minimum atomic E-state index is -0.545. The van der Waals surface area contributed by atoms with E-state index in [2.05, 4.69) is 5.32 Å². The number of carbonyl (C=O) groups excluding carboxylic acids is 2. The Morgan fingerprint density at radius 3 is 2.24 bits per heavy atom. The van der Waals surface area contributed by atoms with E-state index in [4.69, 9.17) is 4.74 Å². The molecule has 0 aliphatic carbocycles. The molecular formula is C20H24N2O3. The van der Waals surface area contributed by atoms with Gasteiger partial charge in [0.25, 0.3) is 0 Å². The standard InChI is InChI=1S/C20H24N2O3/c1-15(20(24)21-2)22(14-17-7-5-4-6-8-17)19(23)13-16-9-11-18(25-3)12-10-16/h4-12,15H,13-14H2,1-3H3,(H,21,24)/t15-/m0/s1. The molecular weight excluding hydrogens is 316 g/mol. The van der Waals surface area contributed by atoms with E-state index in [0.29, 0.717) is 6.54 Å². The second kappa shape index (κ2) is 8.87. The van der Waals surface area contributed by atoms with Crippen molar-refractivity contribution in [3.8, 4) is 5.75 Å². The highest BCUT2D eigenvalue weighted by Gasteiger charge is 2.25. The third-order valence-electron chi connectivity index (χ3n) is 4.12. The summed E-state index contributed by atoms with van der Waals surface area (Å²) in [5, 5.41) is 2.62. The molecule has 2 aromatic carbocycles. The van der Waals surface area contributed by atoms with Crippen molar-refractivity contribution in [2.45, 2.75) is 25.9 Å². The molecule has 0 aromatic heterocycles. The number of rotatable bonds is 7. The lowest BCUT2D eigenvalue weighted by atomic mass is 10.1. The van der Waals surface area contributed by atoms with Crippen molar-refractivity contribution in [3.63, 3.8) is 0 Å². The predicted octanol–water partition coefficient (Wildman–Crippen LogP) is 2.40. The summed E-state index contributed by atoms with van der Waals surface area (Å²) in [6.07, 6.45) is 0.234. The summed E-state index contributed by atoms with van der Waals surface area (Å²) in [5.74, 6) is 0.472. The van der Waals surface area contributed by atoms with Gasteiger partial charge in [-0.05, 0) is 30.2 Å². The van der Waals surface area contributed by atoms with E-state index in [1.54, 1.807) is 26.0 Å². The first-order valence-corrected chi connectivity index (χ1v) is 8.23. The number of likely N-dealkylation sites (N-methyl/N-ethyl adjacent to an activating group) is 1. The molecule has 0 saturated heterocycles. The van der Waals surface area contributed by atoms with Crippen molar-refractivity contribution in [1.82, 2.24) is 10.2 Å². The van der Waals surface area contributed by atoms with Gasteiger partial charge in [-0.15, -0.1) is 0 Å². The number of nitrogens with one attached hydrogen (secondary N) is 1. The Hall–Kier alpha value is -2.82. The van der Waals surface area contributed by atoms with Crippen molar-refractivity contribution in [1.29, 1.82) is 0 Å². The van der Waals surface area contributed by atoms with Crippen molar-refractivity contribution in [2.75, 3.05) is 14.2 Å². The van der Waals surface area contributed by atoms with Crippen molar-refractivity contribution < 1.29 is 14.3 Å². The highest BCUT2D eigenvalue weighted by Crippen LogP contribution is 2.15. The third kappa shape index (κ3) is 5.08. The number of amides is 2. The summed E-state index contributed by atoms with van der Waals surface area (Å²) in [7, 11) is 3.18. The molecule has 0 heterocycles. The van der Waals surface area contributed by atoms with Crippen molar-refractivity contribution in [2.24, 2.45) is 0 Å². The number of hydrogen-bond donors (Lipinski definition) is 1. The van der Waals surface area contributed by atoms with E-state index in [9.17, 15) is 9.59 Å². The maximum Gasteiger partial charge on any atom is 0.242 e. The van der Waals surface area contributed by atoms with Gasteiger partial charge >= 0.3 is 0 Å². The van der Waals surface area contributed by atoms with Gasteiger partial charge in [-0.2, -0.15) is 0 Å². The summed E-state index contributed by atoms with van der Waals surface area (Å²) >= 11 is 0. The number of carbonyl (C=O) groups is 2. The average molecular weight is 340 g/mol. The van der Waals surface area contributed by atoms with Crippen LogP contribution in [0.2, 0.25) is 0 Å². The summed E-state index contributed by atoms with van der Waals surface area (Å²) in [4.78, 5) is 26.5. The Labute approximate surface area is 148 Å². The second-order valence-corrected chi connectivity index (χ2v) is 5.82. The van der Waals surface area contributed by atoms with Crippen LogP contribution in [0.5, 0.6) is 5.75 Å². The van der Waals surface area contributed by atoms with Gasteiger partial charge in [-0.1, -0.05) is 42.5 Å². The Morgan fingerprint density at radius 1 is 1.04 bits per heavy atom. The molecule has 5 nitrogen and oxygen atoms in total. The Morgan fingerprint density at radius 2 is 1.68 bits per heavy atom. The van der Waals surface area contributed by atoms with Crippen LogP contribution in [0.25, 0.3) is 0 Å². The molecule has 1 atom stereocenters. The highest BCUT2D eigenvalue weighted by atomic mass is 16.5. The highest BCUT2D eigenvalue weighted by molar-refractivity contribution is 5.88. The molecule has 132 valence electrons. The van der Waals surface area contributed by atoms with Crippen LogP contribution >= 0.6 is 0 Å². The molecule has 2 rings (SSSR count). The molecule has 1 N–H and O–H groups in total. The molecule has 0 radical (unpaired) electrons. The van der Waals surface area contributed by atoms with Gasteiger partial charge in [-0.25, -0.2) is 0 Å². The fourth-order valence-corrected chi connectivity index (χ4v) is 2.59.